The van der Waals surface area contributed by atoms with Crippen molar-refractivity contribution < 1.29 is 12.6 Å². The van der Waals surface area contributed by atoms with Crippen molar-refractivity contribution in [3.63, 3.8) is 0 Å². The van der Waals surface area contributed by atoms with Gasteiger partial charge in [0.05, 0.1) is 0 Å². The van der Waals surface area contributed by atoms with E-state index >= 15 is 0 Å². The predicted molar refractivity (Wildman–Crippen MR) is 52.5 cm³/mol. The van der Waals surface area contributed by atoms with Crippen molar-refractivity contribution in [2.45, 2.75) is 20.1 Å². The van der Waals surface area contributed by atoms with Crippen molar-refractivity contribution in [3.8, 4) is 0 Å². The van der Waals surface area contributed by atoms with Crippen LogP contribution < -0.4 is 0 Å². The fraction of sp³-hybridized carbons (Fsp3) is 0.375. The molecular formula is C8H9IO3. The Labute approximate surface area is 85.1 Å². The lowest BCUT2D eigenvalue weighted by molar-refractivity contribution is -0.145. The van der Waals surface area contributed by atoms with Crippen LogP contribution in [0.25, 0.3) is 0 Å². The van der Waals surface area contributed by atoms with E-state index in [2.05, 4.69) is 0 Å². The summed E-state index contributed by atoms with van der Waals surface area (Å²) in [6.07, 6.45) is 2.78. The highest BCUT2D eigenvalue weighted by molar-refractivity contribution is 14.1. The molecule has 1 atom stereocenters. The van der Waals surface area contributed by atoms with E-state index in [0.717, 1.165) is 11.1 Å². The van der Waals surface area contributed by atoms with Crippen molar-refractivity contribution >= 4 is 29.0 Å². The number of halogens is 1. The molecule has 1 heterocycles. The highest BCUT2D eigenvalue weighted by Crippen LogP contribution is 2.21. The second kappa shape index (κ2) is 4.04. The van der Waals surface area contributed by atoms with Crippen molar-refractivity contribution in [2.24, 2.45) is 0 Å². The number of esters is 1. The lowest BCUT2D eigenvalue weighted by Crippen LogP contribution is -2.10. The Bertz CT molecular complexity index is 251. The first-order valence-corrected chi connectivity index (χ1v) is 4.36. The average molecular weight is 280 g/mol. The van der Waals surface area contributed by atoms with Gasteiger partial charge in [-0.05, 0) is 13.8 Å². The minimum absolute atomic E-state index is 0.343. The molecule has 0 aromatic rings. The number of hydrogen-bond acceptors (Lipinski definition) is 3. The summed E-state index contributed by atoms with van der Waals surface area (Å²) in [4.78, 5) is 10.8. The third-order valence-corrected chi connectivity index (χ3v) is 1.78. The Morgan fingerprint density at radius 2 is 2.42 bits per heavy atom. The Balaban J connectivity index is 2.80. The molecule has 0 aromatic carbocycles. The minimum atomic E-state index is -0.534. The van der Waals surface area contributed by atoms with Crippen LogP contribution in [0.15, 0.2) is 23.3 Å². The molecule has 0 saturated carbocycles. The highest BCUT2D eigenvalue weighted by atomic mass is 127. The summed E-state index contributed by atoms with van der Waals surface area (Å²) < 4.78 is 9.73. The SMILES string of the molecule is CC(C)=CC1=CC(=O)OC1OI. The minimum Gasteiger partial charge on any atom is -0.427 e. The topological polar surface area (TPSA) is 35.5 Å². The maximum Gasteiger partial charge on any atom is 0.333 e. The van der Waals surface area contributed by atoms with E-state index in [1.54, 1.807) is 23.0 Å². The number of allylic oxidation sites excluding steroid dienone is 1. The zero-order valence-electron chi connectivity index (χ0n) is 6.83. The zero-order valence-corrected chi connectivity index (χ0v) is 8.99. The van der Waals surface area contributed by atoms with Gasteiger partial charge in [0.15, 0.2) is 0 Å². The number of cyclic esters (lactones) is 1. The quantitative estimate of drug-likeness (QED) is 0.574. The molecule has 0 radical (unpaired) electrons. The summed E-state index contributed by atoms with van der Waals surface area (Å²) in [5.41, 5.74) is 1.88. The number of carbonyl (C=O) groups excluding carboxylic acids is 1. The lowest BCUT2D eigenvalue weighted by Gasteiger charge is -2.07. The van der Waals surface area contributed by atoms with E-state index in [-0.39, 0.29) is 5.97 Å². The van der Waals surface area contributed by atoms with Gasteiger partial charge in [-0.15, -0.1) is 0 Å². The van der Waals surface area contributed by atoms with E-state index in [1.165, 1.54) is 6.08 Å². The largest absolute Gasteiger partial charge is 0.427 e. The first-order chi connectivity index (χ1) is 5.63. The number of rotatable bonds is 2. The summed E-state index contributed by atoms with van der Waals surface area (Å²) in [7, 11) is 0. The van der Waals surface area contributed by atoms with Crippen LogP contribution in [-0.2, 0) is 12.6 Å². The number of carbonyl (C=O) groups is 1. The van der Waals surface area contributed by atoms with Crippen molar-refractivity contribution in [3.05, 3.63) is 23.3 Å². The summed E-state index contributed by atoms with van der Waals surface area (Å²) in [5, 5.41) is 0. The normalized spacial score (nSPS) is 21.8. The molecule has 0 aromatic heterocycles. The predicted octanol–water partition coefficient (Wildman–Crippen LogP) is 2.13. The lowest BCUT2D eigenvalue weighted by atomic mass is 10.2. The highest BCUT2D eigenvalue weighted by Gasteiger charge is 2.24. The molecule has 0 spiro atoms. The van der Waals surface area contributed by atoms with Gasteiger partial charge >= 0.3 is 5.97 Å². The Kier molecular flexibility index (Phi) is 3.28. The van der Waals surface area contributed by atoms with Gasteiger partial charge < -0.3 is 4.74 Å². The molecule has 1 aliphatic heterocycles. The molecule has 1 rings (SSSR count). The standard InChI is InChI=1S/C8H9IO3/c1-5(2)3-6-4-7(10)11-8(6)12-9/h3-4,8H,1-2H3. The summed E-state index contributed by atoms with van der Waals surface area (Å²) in [6.45, 7) is 3.90. The molecule has 0 fully saturated rings. The van der Waals surface area contributed by atoms with E-state index in [4.69, 9.17) is 7.80 Å². The average Bonchev–Trinajstić information content (AvgIpc) is 2.29. The molecule has 0 amide bonds. The first kappa shape index (κ1) is 9.73. The van der Waals surface area contributed by atoms with Crippen LogP contribution in [0, 0.1) is 0 Å². The van der Waals surface area contributed by atoms with Gasteiger partial charge in [-0.3, -0.25) is 3.07 Å². The van der Waals surface area contributed by atoms with Crippen LogP contribution >= 0.6 is 23.0 Å². The van der Waals surface area contributed by atoms with Crippen molar-refractivity contribution in [1.82, 2.24) is 0 Å². The number of hydrogen-bond donors (Lipinski definition) is 0. The van der Waals surface area contributed by atoms with Gasteiger partial charge in [-0.25, -0.2) is 4.79 Å². The van der Waals surface area contributed by atoms with Crippen LogP contribution in [0.5, 0.6) is 0 Å². The van der Waals surface area contributed by atoms with Crippen LogP contribution in [0.4, 0.5) is 0 Å². The number of ether oxygens (including phenoxy) is 1. The van der Waals surface area contributed by atoms with Crippen molar-refractivity contribution in [1.29, 1.82) is 0 Å². The fourth-order valence-electron chi connectivity index (χ4n) is 0.924. The van der Waals surface area contributed by atoms with Crippen LogP contribution in [0.2, 0.25) is 0 Å². The molecule has 0 N–H and O–H groups in total. The van der Waals surface area contributed by atoms with Gasteiger partial charge in [0.25, 0.3) is 0 Å². The maximum atomic E-state index is 10.8. The van der Waals surface area contributed by atoms with Gasteiger partial charge in [0.2, 0.25) is 6.29 Å². The summed E-state index contributed by atoms with van der Waals surface area (Å²) in [5.74, 6) is -0.343. The molecule has 1 aliphatic rings. The van der Waals surface area contributed by atoms with Crippen LogP contribution in [0.3, 0.4) is 0 Å². The molecule has 4 heteroatoms. The Hall–Kier alpha value is -0.360. The molecule has 1 unspecified atom stereocenters. The third kappa shape index (κ3) is 2.31. The van der Waals surface area contributed by atoms with Gasteiger partial charge in [0.1, 0.15) is 23.0 Å². The Morgan fingerprint density at radius 3 is 2.92 bits per heavy atom. The Morgan fingerprint density at radius 1 is 1.75 bits per heavy atom. The summed E-state index contributed by atoms with van der Waals surface area (Å²) in [6, 6.07) is 0. The van der Waals surface area contributed by atoms with Gasteiger partial charge in [0, 0.05) is 11.6 Å². The second-order valence-electron chi connectivity index (χ2n) is 2.72. The maximum absolute atomic E-state index is 10.8. The van der Waals surface area contributed by atoms with Gasteiger partial charge in [-0.2, -0.15) is 0 Å². The fourth-order valence-corrected chi connectivity index (χ4v) is 1.32. The zero-order chi connectivity index (χ0) is 9.14. The van der Waals surface area contributed by atoms with E-state index in [1.807, 2.05) is 19.9 Å². The smallest absolute Gasteiger partial charge is 0.333 e. The van der Waals surface area contributed by atoms with E-state index in [0.29, 0.717) is 0 Å². The van der Waals surface area contributed by atoms with E-state index in [9.17, 15) is 4.79 Å². The molecule has 66 valence electrons. The van der Waals surface area contributed by atoms with Crippen molar-refractivity contribution in [2.75, 3.05) is 0 Å². The monoisotopic (exact) mass is 280 g/mol. The molecule has 0 saturated heterocycles. The van der Waals surface area contributed by atoms with Gasteiger partial charge in [-0.1, -0.05) is 11.6 Å². The second-order valence-corrected chi connectivity index (χ2v) is 3.23. The molecular weight excluding hydrogens is 271 g/mol. The molecule has 3 nitrogen and oxygen atoms in total. The summed E-state index contributed by atoms with van der Waals surface area (Å²) >= 11 is 1.71. The van der Waals surface area contributed by atoms with Crippen LogP contribution in [-0.4, -0.2) is 12.3 Å². The molecule has 12 heavy (non-hydrogen) atoms. The van der Waals surface area contributed by atoms with Crippen LogP contribution in [0.1, 0.15) is 13.8 Å². The third-order valence-electron chi connectivity index (χ3n) is 1.32. The molecule has 0 bridgehead atoms. The first-order valence-electron chi connectivity index (χ1n) is 3.48. The molecule has 0 aliphatic carbocycles. The van der Waals surface area contributed by atoms with E-state index < -0.39 is 6.29 Å².